The molecule has 2 unspecified atom stereocenters. The number of amides is 2. The molecule has 0 spiro atoms. The van der Waals surface area contributed by atoms with Crippen LogP contribution in [-0.4, -0.2) is 42.5 Å². The van der Waals surface area contributed by atoms with Crippen LogP contribution in [0.25, 0.3) is 0 Å². The number of pyridine rings is 1. The van der Waals surface area contributed by atoms with Gasteiger partial charge in [0.05, 0.1) is 38.3 Å². The minimum absolute atomic E-state index is 0.0587. The van der Waals surface area contributed by atoms with Gasteiger partial charge in [-0.2, -0.15) is 0 Å². The van der Waals surface area contributed by atoms with Crippen molar-refractivity contribution in [1.82, 2.24) is 15.2 Å². The molecule has 1 aromatic heterocycles. The Morgan fingerprint density at radius 1 is 1.14 bits per heavy atom. The number of carbonyl (C=O) groups is 2. The van der Waals surface area contributed by atoms with Crippen LogP contribution in [-0.2, 0) is 29.1 Å². The van der Waals surface area contributed by atoms with Gasteiger partial charge in [-0.25, -0.2) is 0 Å². The van der Waals surface area contributed by atoms with E-state index in [1.807, 2.05) is 35.2 Å². The smallest absolute Gasteiger partial charge is 0.226 e. The minimum Gasteiger partial charge on any atom is -0.493 e. The van der Waals surface area contributed by atoms with Crippen molar-refractivity contribution in [2.45, 2.75) is 25.9 Å². The first kappa shape index (κ1) is 19.2. The number of nitrogens with zero attached hydrogens (tertiary/aromatic N) is 2. The van der Waals surface area contributed by atoms with E-state index in [-0.39, 0.29) is 23.7 Å². The topological polar surface area (TPSA) is 80.8 Å². The zero-order valence-electron chi connectivity index (χ0n) is 16.7. The van der Waals surface area contributed by atoms with Gasteiger partial charge < -0.3 is 19.7 Å². The van der Waals surface area contributed by atoms with Crippen molar-refractivity contribution in [2.75, 3.05) is 20.8 Å². The van der Waals surface area contributed by atoms with Crippen LogP contribution < -0.4 is 14.8 Å². The fourth-order valence-corrected chi connectivity index (χ4v) is 3.87. The van der Waals surface area contributed by atoms with Crippen LogP contribution in [0.5, 0.6) is 11.5 Å². The van der Waals surface area contributed by atoms with Crippen molar-refractivity contribution in [3.63, 3.8) is 0 Å². The number of carbonyl (C=O) groups excluding carboxylic acids is 2. The lowest BCUT2D eigenvalue weighted by atomic mass is 9.98. The summed E-state index contributed by atoms with van der Waals surface area (Å²) < 4.78 is 10.7. The van der Waals surface area contributed by atoms with Crippen LogP contribution in [0.1, 0.15) is 23.2 Å². The van der Waals surface area contributed by atoms with E-state index < -0.39 is 0 Å². The van der Waals surface area contributed by atoms with Crippen molar-refractivity contribution in [3.8, 4) is 11.5 Å². The zero-order valence-corrected chi connectivity index (χ0v) is 16.7. The molecule has 4 rings (SSSR count). The Hall–Kier alpha value is -3.09. The van der Waals surface area contributed by atoms with Crippen LogP contribution >= 0.6 is 0 Å². The summed E-state index contributed by atoms with van der Waals surface area (Å²) in [6, 6.07) is 9.52. The average Bonchev–Trinajstić information content (AvgIpc) is 3.57. The standard InChI is InChI=1S/C22H25N3O4/c1-28-19-9-14-6-8-25(13-15(14)10-20(19)29-2)22(27)18-11-17(18)21(26)24-12-16-5-3-4-7-23-16/h3-5,7,9-10,17-18H,6,8,11-13H2,1-2H3,(H,24,26). The van der Waals surface area contributed by atoms with E-state index in [2.05, 4.69) is 10.3 Å². The zero-order chi connectivity index (χ0) is 20.4. The molecule has 2 heterocycles. The molecular formula is C22H25N3O4. The van der Waals surface area contributed by atoms with Crippen molar-refractivity contribution in [3.05, 3.63) is 53.3 Å². The maximum atomic E-state index is 12.9. The molecule has 0 saturated heterocycles. The molecule has 1 aliphatic heterocycles. The average molecular weight is 395 g/mol. The van der Waals surface area contributed by atoms with Crippen LogP contribution in [0, 0.1) is 11.8 Å². The maximum Gasteiger partial charge on any atom is 0.226 e. The maximum absolute atomic E-state index is 12.9. The molecule has 1 fully saturated rings. The van der Waals surface area contributed by atoms with Gasteiger partial charge in [-0.3, -0.25) is 14.6 Å². The van der Waals surface area contributed by atoms with E-state index in [1.54, 1.807) is 20.4 Å². The van der Waals surface area contributed by atoms with Gasteiger partial charge in [0.2, 0.25) is 11.8 Å². The summed E-state index contributed by atoms with van der Waals surface area (Å²) in [5.41, 5.74) is 3.05. The first-order chi connectivity index (χ1) is 14.1. The van der Waals surface area contributed by atoms with Crippen molar-refractivity contribution < 1.29 is 19.1 Å². The van der Waals surface area contributed by atoms with Crippen LogP contribution in [0.2, 0.25) is 0 Å². The largest absolute Gasteiger partial charge is 0.493 e. The van der Waals surface area contributed by atoms with Gasteiger partial charge in [0.15, 0.2) is 11.5 Å². The predicted octanol–water partition coefficient (Wildman–Crippen LogP) is 1.94. The second kappa shape index (κ2) is 8.11. The molecule has 0 bridgehead atoms. The third-order valence-corrected chi connectivity index (χ3v) is 5.64. The van der Waals surface area contributed by atoms with Gasteiger partial charge in [0, 0.05) is 19.3 Å². The highest BCUT2D eigenvalue weighted by Crippen LogP contribution is 2.41. The van der Waals surface area contributed by atoms with Crippen LogP contribution in [0.15, 0.2) is 36.5 Å². The molecule has 1 aliphatic carbocycles. The van der Waals surface area contributed by atoms with Crippen LogP contribution in [0.3, 0.4) is 0 Å². The van der Waals surface area contributed by atoms with Crippen molar-refractivity contribution >= 4 is 11.8 Å². The molecule has 7 heteroatoms. The Bertz CT molecular complexity index is 916. The molecule has 2 aromatic rings. The van der Waals surface area contributed by atoms with E-state index >= 15 is 0 Å². The first-order valence-corrected chi connectivity index (χ1v) is 9.81. The second-order valence-corrected chi connectivity index (χ2v) is 7.47. The van der Waals surface area contributed by atoms with E-state index in [0.29, 0.717) is 37.6 Å². The highest BCUT2D eigenvalue weighted by Gasteiger charge is 2.49. The Morgan fingerprint density at radius 2 is 1.90 bits per heavy atom. The number of benzene rings is 1. The van der Waals surface area contributed by atoms with Gasteiger partial charge in [-0.05, 0) is 48.2 Å². The first-order valence-electron chi connectivity index (χ1n) is 9.81. The van der Waals surface area contributed by atoms with E-state index in [0.717, 1.165) is 17.7 Å². The quantitative estimate of drug-likeness (QED) is 0.809. The van der Waals surface area contributed by atoms with E-state index in [1.165, 1.54) is 5.56 Å². The van der Waals surface area contributed by atoms with Crippen LogP contribution in [0.4, 0.5) is 0 Å². The Labute approximate surface area is 170 Å². The predicted molar refractivity (Wildman–Crippen MR) is 106 cm³/mol. The monoisotopic (exact) mass is 395 g/mol. The van der Waals surface area contributed by atoms with Gasteiger partial charge in [0.1, 0.15) is 0 Å². The summed E-state index contributed by atoms with van der Waals surface area (Å²) in [6.45, 7) is 1.57. The SMILES string of the molecule is COc1cc2c(cc1OC)CN(C(=O)C1CC1C(=O)NCc1ccccn1)CC2. The Balaban J connectivity index is 1.35. The normalized spacial score (nSPS) is 19.9. The number of hydrogen-bond acceptors (Lipinski definition) is 5. The molecular weight excluding hydrogens is 370 g/mol. The van der Waals surface area contributed by atoms with Gasteiger partial charge in [0.25, 0.3) is 0 Å². The lowest BCUT2D eigenvalue weighted by Gasteiger charge is -2.30. The van der Waals surface area contributed by atoms with Gasteiger partial charge in [-0.1, -0.05) is 6.07 Å². The number of nitrogens with one attached hydrogen (secondary N) is 1. The number of ether oxygens (including phenoxy) is 2. The van der Waals surface area contributed by atoms with Gasteiger partial charge >= 0.3 is 0 Å². The number of hydrogen-bond donors (Lipinski definition) is 1. The summed E-state index contributed by atoms with van der Waals surface area (Å²) in [5, 5.41) is 2.89. The molecule has 152 valence electrons. The van der Waals surface area contributed by atoms with E-state index in [9.17, 15) is 9.59 Å². The van der Waals surface area contributed by atoms with Crippen molar-refractivity contribution in [2.24, 2.45) is 11.8 Å². The Kier molecular flexibility index (Phi) is 5.38. The molecule has 1 saturated carbocycles. The number of aromatic nitrogens is 1. The number of methoxy groups -OCH3 is 2. The molecule has 1 N–H and O–H groups in total. The second-order valence-electron chi connectivity index (χ2n) is 7.47. The molecule has 0 radical (unpaired) electrons. The molecule has 29 heavy (non-hydrogen) atoms. The summed E-state index contributed by atoms with van der Waals surface area (Å²) >= 11 is 0. The van der Waals surface area contributed by atoms with E-state index in [4.69, 9.17) is 9.47 Å². The fraction of sp³-hybridized carbons (Fsp3) is 0.409. The lowest BCUT2D eigenvalue weighted by Crippen LogP contribution is -2.38. The highest BCUT2D eigenvalue weighted by atomic mass is 16.5. The third-order valence-electron chi connectivity index (χ3n) is 5.64. The summed E-state index contributed by atoms with van der Waals surface area (Å²) in [5.74, 6) is 0.899. The van der Waals surface area contributed by atoms with Crippen molar-refractivity contribution in [1.29, 1.82) is 0 Å². The lowest BCUT2D eigenvalue weighted by molar-refractivity contribution is -0.135. The summed E-state index contributed by atoms with van der Waals surface area (Å²) in [6.07, 6.45) is 3.08. The Morgan fingerprint density at radius 3 is 2.59 bits per heavy atom. The minimum atomic E-state index is -0.238. The molecule has 2 atom stereocenters. The summed E-state index contributed by atoms with van der Waals surface area (Å²) in [4.78, 5) is 31.4. The van der Waals surface area contributed by atoms with Gasteiger partial charge in [-0.15, -0.1) is 0 Å². The number of rotatable bonds is 6. The third kappa shape index (κ3) is 4.04. The molecule has 7 nitrogen and oxygen atoms in total. The summed E-state index contributed by atoms with van der Waals surface area (Å²) in [7, 11) is 3.23. The molecule has 2 aliphatic rings. The molecule has 1 aromatic carbocycles. The highest BCUT2D eigenvalue weighted by molar-refractivity contribution is 5.92. The number of fused-ring (bicyclic) bond motifs is 1. The fourth-order valence-electron chi connectivity index (χ4n) is 3.87. The molecule has 2 amide bonds.